The van der Waals surface area contributed by atoms with Crippen LogP contribution in [0.2, 0.25) is 0 Å². The van der Waals surface area contributed by atoms with Crippen LogP contribution in [0.4, 0.5) is 17.6 Å². The molecule has 78 valence electrons. The van der Waals surface area contributed by atoms with E-state index in [2.05, 4.69) is 0 Å². The molecule has 0 radical (unpaired) electrons. The van der Waals surface area contributed by atoms with Gasteiger partial charge >= 0.3 is 6.18 Å². The second kappa shape index (κ2) is 3.57. The van der Waals surface area contributed by atoms with Crippen LogP contribution in [-0.2, 0) is 0 Å². The van der Waals surface area contributed by atoms with Gasteiger partial charge in [-0.3, -0.25) is 0 Å². The smallest absolute Gasteiger partial charge is 0.379 e. The van der Waals surface area contributed by atoms with E-state index in [1.165, 1.54) is 6.92 Å². The van der Waals surface area contributed by atoms with Gasteiger partial charge in [0.15, 0.2) is 6.10 Å². The SMILES string of the molecule is Cc1cc([C@@H](O)C(F)(F)F)ccc1F. The molecule has 0 aliphatic carbocycles. The number of aliphatic hydroxyl groups excluding tert-OH is 1. The summed E-state index contributed by atoms with van der Waals surface area (Å²) in [5.74, 6) is -0.594. The van der Waals surface area contributed by atoms with Gasteiger partial charge in [0.25, 0.3) is 0 Å². The third kappa shape index (κ3) is 2.23. The zero-order valence-electron chi connectivity index (χ0n) is 7.27. The predicted molar refractivity (Wildman–Crippen MR) is 42.2 cm³/mol. The molecule has 5 heteroatoms. The second-order valence-electron chi connectivity index (χ2n) is 2.95. The van der Waals surface area contributed by atoms with E-state index in [1.54, 1.807) is 0 Å². The van der Waals surface area contributed by atoms with Crippen molar-refractivity contribution in [2.24, 2.45) is 0 Å². The number of hydrogen-bond acceptors (Lipinski definition) is 1. The van der Waals surface area contributed by atoms with Gasteiger partial charge in [0.2, 0.25) is 0 Å². The highest BCUT2D eigenvalue weighted by molar-refractivity contribution is 5.26. The van der Waals surface area contributed by atoms with Crippen molar-refractivity contribution >= 4 is 0 Å². The fraction of sp³-hybridized carbons (Fsp3) is 0.333. The number of halogens is 4. The van der Waals surface area contributed by atoms with Crippen molar-refractivity contribution in [3.8, 4) is 0 Å². The number of rotatable bonds is 1. The fourth-order valence-electron chi connectivity index (χ4n) is 1.03. The Balaban J connectivity index is 3.03. The summed E-state index contributed by atoms with van der Waals surface area (Å²) in [6, 6.07) is 2.80. The second-order valence-corrected chi connectivity index (χ2v) is 2.95. The molecule has 0 heterocycles. The van der Waals surface area contributed by atoms with Gasteiger partial charge in [0, 0.05) is 0 Å². The summed E-state index contributed by atoms with van der Waals surface area (Å²) in [4.78, 5) is 0. The molecule has 1 N–H and O–H groups in total. The maximum Gasteiger partial charge on any atom is 0.418 e. The molecule has 0 aromatic heterocycles. The molecule has 1 aromatic rings. The Hall–Kier alpha value is -1.10. The molecule has 1 rings (SSSR count). The minimum atomic E-state index is -4.72. The van der Waals surface area contributed by atoms with Crippen molar-refractivity contribution in [3.63, 3.8) is 0 Å². The van der Waals surface area contributed by atoms with E-state index < -0.39 is 18.1 Å². The summed E-state index contributed by atoms with van der Waals surface area (Å²) in [5, 5.41) is 8.82. The third-order valence-electron chi connectivity index (χ3n) is 1.81. The van der Waals surface area contributed by atoms with Crippen LogP contribution in [0.15, 0.2) is 18.2 Å². The summed E-state index contributed by atoms with van der Waals surface area (Å²) in [6.45, 7) is 1.34. The molecule has 14 heavy (non-hydrogen) atoms. The Morgan fingerprint density at radius 3 is 2.29 bits per heavy atom. The Bertz CT molecular complexity index is 332. The van der Waals surface area contributed by atoms with Crippen LogP contribution < -0.4 is 0 Å². The van der Waals surface area contributed by atoms with E-state index in [4.69, 9.17) is 5.11 Å². The molecule has 0 fully saturated rings. The summed E-state index contributed by atoms with van der Waals surface area (Å²) >= 11 is 0. The van der Waals surface area contributed by atoms with Crippen molar-refractivity contribution in [1.82, 2.24) is 0 Å². The van der Waals surface area contributed by atoms with E-state index in [1.807, 2.05) is 0 Å². The van der Waals surface area contributed by atoms with Crippen molar-refractivity contribution in [3.05, 3.63) is 35.1 Å². The molecule has 1 atom stereocenters. The van der Waals surface area contributed by atoms with E-state index in [0.29, 0.717) is 0 Å². The summed E-state index contributed by atoms with van der Waals surface area (Å²) in [7, 11) is 0. The van der Waals surface area contributed by atoms with Gasteiger partial charge in [-0.25, -0.2) is 4.39 Å². The first-order chi connectivity index (χ1) is 6.32. The normalized spacial score (nSPS) is 14.1. The average Bonchev–Trinajstić information content (AvgIpc) is 2.07. The Kier molecular flexibility index (Phi) is 2.80. The van der Waals surface area contributed by atoms with Gasteiger partial charge in [-0.2, -0.15) is 13.2 Å². The standard InChI is InChI=1S/C9H8F4O/c1-5-4-6(2-3-7(5)10)8(14)9(11,12)13/h2-4,8,14H,1H3/t8-/m1/s1. The van der Waals surface area contributed by atoms with Crippen LogP contribution in [-0.4, -0.2) is 11.3 Å². The monoisotopic (exact) mass is 208 g/mol. The number of aliphatic hydroxyl groups is 1. The lowest BCUT2D eigenvalue weighted by Crippen LogP contribution is -2.20. The minimum absolute atomic E-state index is 0.0748. The number of aryl methyl sites for hydroxylation is 1. The molecule has 0 spiro atoms. The highest BCUT2D eigenvalue weighted by Crippen LogP contribution is 2.32. The highest BCUT2D eigenvalue weighted by Gasteiger charge is 2.39. The zero-order chi connectivity index (χ0) is 10.9. The lowest BCUT2D eigenvalue weighted by molar-refractivity contribution is -0.206. The molecule has 0 saturated heterocycles. The molecular formula is C9H8F4O. The van der Waals surface area contributed by atoms with Crippen LogP contribution in [0.3, 0.4) is 0 Å². The first kappa shape index (κ1) is 11.0. The van der Waals surface area contributed by atoms with Gasteiger partial charge < -0.3 is 5.11 Å². The molecule has 0 aliphatic heterocycles. The highest BCUT2D eigenvalue weighted by atomic mass is 19.4. The first-order valence-electron chi connectivity index (χ1n) is 3.83. The topological polar surface area (TPSA) is 20.2 Å². The van der Waals surface area contributed by atoms with Gasteiger partial charge in [-0.15, -0.1) is 0 Å². The average molecular weight is 208 g/mol. The van der Waals surface area contributed by atoms with Gasteiger partial charge in [-0.05, 0) is 24.1 Å². The summed E-state index contributed by atoms with van der Waals surface area (Å²) in [5.41, 5.74) is -0.276. The van der Waals surface area contributed by atoms with Crippen LogP contribution in [0.25, 0.3) is 0 Å². The van der Waals surface area contributed by atoms with Crippen LogP contribution in [0, 0.1) is 12.7 Å². The van der Waals surface area contributed by atoms with Gasteiger partial charge in [0.05, 0.1) is 0 Å². The van der Waals surface area contributed by atoms with Crippen LogP contribution >= 0.6 is 0 Å². The largest absolute Gasteiger partial charge is 0.418 e. The maximum atomic E-state index is 12.7. The minimum Gasteiger partial charge on any atom is -0.379 e. The molecule has 0 saturated carbocycles. The van der Waals surface area contributed by atoms with E-state index in [0.717, 1.165) is 18.2 Å². The number of benzene rings is 1. The number of alkyl halides is 3. The first-order valence-corrected chi connectivity index (χ1v) is 3.83. The van der Waals surface area contributed by atoms with Crippen molar-refractivity contribution in [2.45, 2.75) is 19.2 Å². The third-order valence-corrected chi connectivity index (χ3v) is 1.81. The predicted octanol–water partition coefficient (Wildman–Crippen LogP) is 2.73. The quantitative estimate of drug-likeness (QED) is 0.703. The summed E-state index contributed by atoms with van der Waals surface area (Å²) in [6.07, 6.45) is -7.27. The van der Waals surface area contributed by atoms with E-state index >= 15 is 0 Å². The van der Waals surface area contributed by atoms with Crippen molar-refractivity contribution in [2.75, 3.05) is 0 Å². The molecule has 0 aliphatic rings. The molecular weight excluding hydrogens is 200 g/mol. The fourth-order valence-corrected chi connectivity index (χ4v) is 1.03. The van der Waals surface area contributed by atoms with Crippen molar-refractivity contribution in [1.29, 1.82) is 0 Å². The lowest BCUT2D eigenvalue weighted by Gasteiger charge is -2.15. The van der Waals surface area contributed by atoms with Crippen molar-refractivity contribution < 1.29 is 22.7 Å². The molecule has 0 unspecified atom stereocenters. The van der Waals surface area contributed by atoms with E-state index in [-0.39, 0.29) is 11.1 Å². The Morgan fingerprint density at radius 1 is 1.29 bits per heavy atom. The molecule has 1 aromatic carbocycles. The molecule has 0 bridgehead atoms. The van der Waals surface area contributed by atoms with Crippen LogP contribution in [0.5, 0.6) is 0 Å². The lowest BCUT2D eigenvalue weighted by atomic mass is 10.1. The Labute approximate surface area is 78.0 Å². The maximum absolute atomic E-state index is 12.7. The van der Waals surface area contributed by atoms with Gasteiger partial charge in [0.1, 0.15) is 5.82 Å². The van der Waals surface area contributed by atoms with Gasteiger partial charge in [-0.1, -0.05) is 12.1 Å². The van der Waals surface area contributed by atoms with Crippen LogP contribution in [0.1, 0.15) is 17.2 Å². The Morgan fingerprint density at radius 2 is 1.86 bits per heavy atom. The van der Waals surface area contributed by atoms with E-state index in [9.17, 15) is 17.6 Å². The zero-order valence-corrected chi connectivity index (χ0v) is 7.27. The molecule has 0 amide bonds. The number of hydrogen-bond donors (Lipinski definition) is 1. The molecule has 1 nitrogen and oxygen atoms in total. The summed E-state index contributed by atoms with van der Waals surface area (Å²) < 4.78 is 48.8.